The van der Waals surface area contributed by atoms with Crippen LogP contribution in [0.1, 0.15) is 36.1 Å². The Hall–Kier alpha value is -2.21. The van der Waals surface area contributed by atoms with Crippen LogP contribution in [0.25, 0.3) is 10.2 Å². The molecule has 2 heterocycles. The first-order valence-electron chi connectivity index (χ1n) is 7.97. The lowest BCUT2D eigenvalue weighted by Crippen LogP contribution is -2.46. The summed E-state index contributed by atoms with van der Waals surface area (Å²) >= 11 is 1.61. The van der Waals surface area contributed by atoms with Crippen molar-refractivity contribution < 1.29 is 4.79 Å². The number of nitrogens with zero attached hydrogens (tertiary/aromatic N) is 3. The number of rotatable bonds is 4. The molecule has 1 aromatic carbocycles. The largest absolute Gasteiger partial charge is 0.347 e. The summed E-state index contributed by atoms with van der Waals surface area (Å²) in [6.07, 6.45) is 5.44. The van der Waals surface area contributed by atoms with Crippen molar-refractivity contribution in [3.8, 4) is 0 Å². The maximum atomic E-state index is 12.7. The van der Waals surface area contributed by atoms with E-state index in [1.807, 2.05) is 35.9 Å². The molecule has 1 N–H and O–H groups in total. The second-order valence-corrected chi connectivity index (χ2v) is 8.30. The number of thiazole rings is 1. The average molecular weight is 342 g/mol. The van der Waals surface area contributed by atoms with E-state index in [1.54, 1.807) is 23.9 Å². The van der Waals surface area contributed by atoms with Crippen molar-refractivity contribution in [3.05, 3.63) is 47.5 Å². The molecule has 0 unspecified atom stereocenters. The van der Waals surface area contributed by atoms with E-state index in [0.717, 1.165) is 15.2 Å². The Bertz CT molecular complexity index is 846. The van der Waals surface area contributed by atoms with Gasteiger partial charge in [0.25, 0.3) is 5.91 Å². The summed E-state index contributed by atoms with van der Waals surface area (Å²) < 4.78 is 3.04. The molecular weight excluding hydrogens is 320 g/mol. The Morgan fingerprint density at radius 3 is 2.83 bits per heavy atom. The summed E-state index contributed by atoms with van der Waals surface area (Å²) in [5.74, 6) is -0.0528. The molecule has 126 valence electrons. The first kappa shape index (κ1) is 16.6. The normalized spacial score (nSPS) is 13.2. The Morgan fingerprint density at radius 2 is 2.17 bits per heavy atom. The van der Waals surface area contributed by atoms with Crippen LogP contribution in [0.3, 0.4) is 0 Å². The zero-order valence-electron chi connectivity index (χ0n) is 14.4. The highest BCUT2D eigenvalue weighted by Gasteiger charge is 2.27. The molecule has 3 aromatic rings. The highest BCUT2D eigenvalue weighted by molar-refractivity contribution is 7.18. The molecule has 24 heavy (non-hydrogen) atoms. The van der Waals surface area contributed by atoms with E-state index in [2.05, 4.69) is 36.1 Å². The molecule has 6 heteroatoms. The third-order valence-corrected chi connectivity index (χ3v) is 4.99. The maximum Gasteiger partial charge on any atom is 0.251 e. The first-order valence-corrected chi connectivity index (χ1v) is 8.78. The number of hydrogen-bond donors (Lipinski definition) is 1. The number of aryl methyl sites for hydroxylation is 1. The van der Waals surface area contributed by atoms with E-state index in [1.165, 1.54) is 0 Å². The lowest BCUT2D eigenvalue weighted by atomic mass is 9.86. The van der Waals surface area contributed by atoms with Gasteiger partial charge < -0.3 is 9.88 Å². The van der Waals surface area contributed by atoms with Crippen molar-refractivity contribution in [3.63, 3.8) is 0 Å². The number of nitrogens with one attached hydrogen (secondary N) is 1. The van der Waals surface area contributed by atoms with Crippen molar-refractivity contribution in [2.24, 2.45) is 5.41 Å². The van der Waals surface area contributed by atoms with Crippen LogP contribution in [-0.2, 0) is 6.54 Å². The van der Waals surface area contributed by atoms with Crippen LogP contribution in [-0.4, -0.2) is 26.5 Å². The predicted octanol–water partition coefficient (Wildman–Crippen LogP) is 3.65. The highest BCUT2D eigenvalue weighted by Crippen LogP contribution is 2.24. The SMILES string of the molecule is Cc1nc2ccc(C(=O)N[C@@H](Cn3ccnc3)C(C)(C)C)cc2s1. The number of benzene rings is 1. The van der Waals surface area contributed by atoms with Crippen molar-refractivity contribution in [1.82, 2.24) is 19.9 Å². The Morgan fingerprint density at radius 1 is 1.38 bits per heavy atom. The first-order chi connectivity index (χ1) is 11.3. The monoisotopic (exact) mass is 342 g/mol. The maximum absolute atomic E-state index is 12.7. The summed E-state index contributed by atoms with van der Waals surface area (Å²) in [5.41, 5.74) is 1.55. The molecule has 0 aliphatic rings. The van der Waals surface area contributed by atoms with Gasteiger partial charge in [-0.25, -0.2) is 9.97 Å². The van der Waals surface area contributed by atoms with Gasteiger partial charge in [-0.05, 0) is 30.5 Å². The number of carbonyl (C=O) groups excluding carboxylic acids is 1. The van der Waals surface area contributed by atoms with Crippen molar-refractivity contribution in [1.29, 1.82) is 0 Å². The van der Waals surface area contributed by atoms with E-state index >= 15 is 0 Å². The van der Waals surface area contributed by atoms with E-state index < -0.39 is 0 Å². The zero-order valence-corrected chi connectivity index (χ0v) is 15.2. The summed E-state index contributed by atoms with van der Waals surface area (Å²) in [4.78, 5) is 21.2. The van der Waals surface area contributed by atoms with Crippen molar-refractivity contribution >= 4 is 27.5 Å². The van der Waals surface area contributed by atoms with Crippen LogP contribution in [0.5, 0.6) is 0 Å². The summed E-state index contributed by atoms with van der Waals surface area (Å²) in [7, 11) is 0. The van der Waals surface area contributed by atoms with Gasteiger partial charge >= 0.3 is 0 Å². The lowest BCUT2D eigenvalue weighted by molar-refractivity contribution is 0.0893. The molecule has 1 amide bonds. The summed E-state index contributed by atoms with van der Waals surface area (Å²) in [6, 6.07) is 5.67. The van der Waals surface area contributed by atoms with Crippen LogP contribution < -0.4 is 5.32 Å². The number of amides is 1. The summed E-state index contributed by atoms with van der Waals surface area (Å²) in [5, 5.41) is 4.19. The second kappa shape index (κ2) is 6.36. The smallest absolute Gasteiger partial charge is 0.251 e. The standard InChI is InChI=1S/C18H22N4OS/c1-12-20-14-6-5-13(9-15(14)24-12)17(23)21-16(18(2,3)4)10-22-8-7-19-11-22/h5-9,11,16H,10H2,1-4H3,(H,21,23)/t16-/m0/s1. The molecular formula is C18H22N4OS. The predicted molar refractivity (Wildman–Crippen MR) is 97.3 cm³/mol. The van der Waals surface area contributed by atoms with Crippen molar-refractivity contribution in [2.45, 2.75) is 40.3 Å². The van der Waals surface area contributed by atoms with Crippen molar-refractivity contribution in [2.75, 3.05) is 0 Å². The fourth-order valence-corrected chi connectivity index (χ4v) is 3.43. The topological polar surface area (TPSA) is 59.8 Å². The molecule has 3 rings (SSSR count). The molecule has 0 saturated heterocycles. The number of carbonyl (C=O) groups is 1. The van der Waals surface area contributed by atoms with Gasteiger partial charge in [0.05, 0.1) is 27.6 Å². The Kier molecular flexibility index (Phi) is 4.41. The minimum atomic E-state index is -0.0644. The van der Waals surface area contributed by atoms with E-state index in [9.17, 15) is 4.79 Å². The van der Waals surface area contributed by atoms with Gasteiger partial charge in [0.1, 0.15) is 0 Å². The van der Waals surface area contributed by atoms with E-state index in [0.29, 0.717) is 12.1 Å². The van der Waals surface area contributed by atoms with Gasteiger partial charge in [-0.1, -0.05) is 20.8 Å². The second-order valence-electron chi connectivity index (χ2n) is 7.07. The zero-order chi connectivity index (χ0) is 17.3. The highest BCUT2D eigenvalue weighted by atomic mass is 32.1. The molecule has 0 saturated carbocycles. The van der Waals surface area contributed by atoms with Crippen LogP contribution >= 0.6 is 11.3 Å². The van der Waals surface area contributed by atoms with Gasteiger partial charge in [-0.15, -0.1) is 11.3 Å². The number of fused-ring (bicyclic) bond motifs is 1. The molecule has 0 aliphatic heterocycles. The number of imidazole rings is 1. The Balaban J connectivity index is 1.80. The molecule has 0 fully saturated rings. The molecule has 0 spiro atoms. The third kappa shape index (κ3) is 3.64. The van der Waals surface area contributed by atoms with Gasteiger partial charge in [0.2, 0.25) is 0 Å². The van der Waals surface area contributed by atoms with E-state index in [-0.39, 0.29) is 17.4 Å². The molecule has 0 radical (unpaired) electrons. The van der Waals surface area contributed by atoms with Crippen LogP contribution in [0.15, 0.2) is 36.9 Å². The fourth-order valence-electron chi connectivity index (χ4n) is 2.56. The van der Waals surface area contributed by atoms with Gasteiger partial charge in [0, 0.05) is 24.5 Å². The molecule has 2 aromatic heterocycles. The van der Waals surface area contributed by atoms with Crippen LogP contribution in [0.2, 0.25) is 0 Å². The van der Waals surface area contributed by atoms with Crippen LogP contribution in [0, 0.1) is 12.3 Å². The molecule has 1 atom stereocenters. The quantitative estimate of drug-likeness (QED) is 0.787. The number of aromatic nitrogens is 3. The summed E-state index contributed by atoms with van der Waals surface area (Å²) in [6.45, 7) is 9.06. The molecule has 0 aliphatic carbocycles. The number of hydrogen-bond acceptors (Lipinski definition) is 4. The van der Waals surface area contributed by atoms with Gasteiger partial charge in [-0.3, -0.25) is 4.79 Å². The van der Waals surface area contributed by atoms with Gasteiger partial charge in [0.15, 0.2) is 0 Å². The Labute approximate surface area is 145 Å². The average Bonchev–Trinajstić information content (AvgIpc) is 3.12. The van der Waals surface area contributed by atoms with Gasteiger partial charge in [-0.2, -0.15) is 0 Å². The van der Waals surface area contributed by atoms with E-state index in [4.69, 9.17) is 0 Å². The molecule has 5 nitrogen and oxygen atoms in total. The fraction of sp³-hybridized carbons (Fsp3) is 0.389. The molecule has 0 bridgehead atoms. The minimum Gasteiger partial charge on any atom is -0.347 e. The van der Waals surface area contributed by atoms with Crippen LogP contribution in [0.4, 0.5) is 0 Å². The lowest BCUT2D eigenvalue weighted by Gasteiger charge is -2.31. The third-order valence-electron chi connectivity index (χ3n) is 4.06. The minimum absolute atomic E-state index is 0.00177.